The molecule has 1 aromatic carbocycles. The summed E-state index contributed by atoms with van der Waals surface area (Å²) in [4.78, 5) is 22.9. The van der Waals surface area contributed by atoms with Crippen molar-refractivity contribution in [3.8, 4) is 0 Å². The third kappa shape index (κ3) is 5.10. The van der Waals surface area contributed by atoms with Crippen LogP contribution in [0.3, 0.4) is 0 Å². The Hall–Kier alpha value is -2.90. The number of benzene rings is 1. The van der Waals surface area contributed by atoms with Crippen molar-refractivity contribution < 1.29 is 14.3 Å². The van der Waals surface area contributed by atoms with Gasteiger partial charge < -0.3 is 10.1 Å². The lowest BCUT2D eigenvalue weighted by molar-refractivity contribution is -0.121. The van der Waals surface area contributed by atoms with Crippen molar-refractivity contribution in [1.29, 1.82) is 0 Å². The summed E-state index contributed by atoms with van der Waals surface area (Å²) in [6.07, 6.45) is 1.59. The molecule has 0 radical (unpaired) electrons. The molecule has 8 nitrogen and oxygen atoms in total. The summed E-state index contributed by atoms with van der Waals surface area (Å²) in [5.41, 5.74) is 2.41. The minimum atomic E-state index is -0.639. The summed E-state index contributed by atoms with van der Waals surface area (Å²) >= 11 is 0. The third-order valence-electron chi connectivity index (χ3n) is 3.24. The second-order valence-corrected chi connectivity index (χ2v) is 4.94. The second-order valence-electron chi connectivity index (χ2n) is 4.94. The van der Waals surface area contributed by atoms with Gasteiger partial charge in [0.05, 0.1) is 13.3 Å². The van der Waals surface area contributed by atoms with Gasteiger partial charge in [-0.3, -0.25) is 10.1 Å². The maximum atomic E-state index is 11.9. The van der Waals surface area contributed by atoms with Gasteiger partial charge >= 0.3 is 6.09 Å². The van der Waals surface area contributed by atoms with Gasteiger partial charge in [0.25, 0.3) is 0 Å². The van der Waals surface area contributed by atoms with Gasteiger partial charge in [0.1, 0.15) is 6.54 Å². The normalized spacial score (nSPS) is 10.2. The van der Waals surface area contributed by atoms with E-state index in [0.717, 1.165) is 6.42 Å². The van der Waals surface area contributed by atoms with Gasteiger partial charge in [0, 0.05) is 6.54 Å². The molecule has 0 aliphatic heterocycles. The summed E-state index contributed by atoms with van der Waals surface area (Å²) in [5.74, 6) is 0.0534. The minimum absolute atomic E-state index is 0.0314. The molecule has 1 heterocycles. The standard InChI is InChI=1S/C15H19N5O3/c1-11-5-3-4-6-12(11)7-8-16-14(21)10-20-9-13(18-19-20)17-15(22)23-2/h3-6,9H,7-8,10H2,1-2H3,(H,16,21)(H,17,22). The number of aromatic nitrogens is 3. The van der Waals surface area contributed by atoms with Gasteiger partial charge in [-0.15, -0.1) is 5.10 Å². The molecule has 0 spiro atoms. The lowest BCUT2D eigenvalue weighted by atomic mass is 10.1. The second kappa shape index (κ2) is 7.92. The number of hydrogen-bond acceptors (Lipinski definition) is 5. The molecule has 1 aromatic heterocycles. The first-order valence-corrected chi connectivity index (χ1v) is 7.15. The molecular weight excluding hydrogens is 298 g/mol. The maximum Gasteiger partial charge on any atom is 0.412 e. The first kappa shape index (κ1) is 16.5. The van der Waals surface area contributed by atoms with Gasteiger partial charge in [-0.05, 0) is 24.5 Å². The van der Waals surface area contributed by atoms with Crippen LogP contribution in [0.15, 0.2) is 30.5 Å². The minimum Gasteiger partial charge on any atom is -0.453 e. The summed E-state index contributed by atoms with van der Waals surface area (Å²) in [5, 5.41) is 12.7. The van der Waals surface area contributed by atoms with Gasteiger partial charge in [-0.1, -0.05) is 29.5 Å². The van der Waals surface area contributed by atoms with Crippen molar-refractivity contribution in [1.82, 2.24) is 20.3 Å². The van der Waals surface area contributed by atoms with Crippen molar-refractivity contribution in [2.24, 2.45) is 0 Å². The SMILES string of the molecule is COC(=O)Nc1cn(CC(=O)NCCc2ccccc2C)nn1. The molecule has 0 fully saturated rings. The number of nitrogens with one attached hydrogen (secondary N) is 2. The highest BCUT2D eigenvalue weighted by atomic mass is 16.5. The quantitative estimate of drug-likeness (QED) is 0.832. The zero-order valence-electron chi connectivity index (χ0n) is 13.1. The molecular formula is C15H19N5O3. The van der Waals surface area contributed by atoms with E-state index in [0.29, 0.717) is 6.54 Å². The maximum absolute atomic E-state index is 11.9. The first-order valence-electron chi connectivity index (χ1n) is 7.15. The number of ether oxygens (including phenoxy) is 1. The van der Waals surface area contributed by atoms with E-state index in [4.69, 9.17) is 0 Å². The van der Waals surface area contributed by atoms with Crippen LogP contribution in [0.4, 0.5) is 10.6 Å². The lowest BCUT2D eigenvalue weighted by Gasteiger charge is -2.07. The largest absolute Gasteiger partial charge is 0.453 e. The zero-order valence-corrected chi connectivity index (χ0v) is 13.1. The Morgan fingerprint density at radius 3 is 2.83 bits per heavy atom. The molecule has 0 saturated heterocycles. The Kier molecular flexibility index (Phi) is 5.67. The Morgan fingerprint density at radius 1 is 1.30 bits per heavy atom. The van der Waals surface area contributed by atoms with E-state index in [-0.39, 0.29) is 18.3 Å². The van der Waals surface area contributed by atoms with Gasteiger partial charge in [0.2, 0.25) is 5.91 Å². The number of anilines is 1. The number of carbonyl (C=O) groups excluding carboxylic acids is 2. The molecule has 8 heteroatoms. The van der Waals surface area contributed by atoms with Crippen LogP contribution in [0, 0.1) is 6.92 Å². The van der Waals surface area contributed by atoms with E-state index in [9.17, 15) is 9.59 Å². The van der Waals surface area contributed by atoms with Crippen LogP contribution in [0.1, 0.15) is 11.1 Å². The van der Waals surface area contributed by atoms with Crippen LogP contribution in [0.2, 0.25) is 0 Å². The average molecular weight is 317 g/mol. The Bertz CT molecular complexity index is 683. The highest BCUT2D eigenvalue weighted by Crippen LogP contribution is 2.06. The van der Waals surface area contributed by atoms with Gasteiger partial charge in [0.15, 0.2) is 5.82 Å². The molecule has 0 saturated carbocycles. The molecule has 0 unspecified atom stereocenters. The Labute approximate surface area is 133 Å². The summed E-state index contributed by atoms with van der Waals surface area (Å²) in [6.45, 7) is 2.62. The molecule has 0 atom stereocenters. The van der Waals surface area contributed by atoms with Crippen LogP contribution in [0.25, 0.3) is 0 Å². The summed E-state index contributed by atoms with van der Waals surface area (Å²) in [7, 11) is 1.25. The van der Waals surface area contributed by atoms with E-state index < -0.39 is 6.09 Å². The fraction of sp³-hybridized carbons (Fsp3) is 0.333. The molecule has 0 bridgehead atoms. The van der Waals surface area contributed by atoms with Crippen molar-refractivity contribution in [2.75, 3.05) is 19.0 Å². The van der Waals surface area contributed by atoms with E-state index in [1.807, 2.05) is 31.2 Å². The number of carbonyl (C=O) groups is 2. The van der Waals surface area contributed by atoms with Crippen LogP contribution < -0.4 is 10.6 Å². The molecule has 23 heavy (non-hydrogen) atoms. The molecule has 2 aromatic rings. The molecule has 0 aliphatic carbocycles. The fourth-order valence-electron chi connectivity index (χ4n) is 2.02. The number of methoxy groups -OCH3 is 1. The number of nitrogens with zero attached hydrogens (tertiary/aromatic N) is 3. The van der Waals surface area contributed by atoms with E-state index in [1.165, 1.54) is 29.1 Å². The van der Waals surface area contributed by atoms with Gasteiger partial charge in [-0.25, -0.2) is 9.48 Å². The van der Waals surface area contributed by atoms with Crippen LogP contribution in [-0.4, -0.2) is 40.6 Å². The smallest absolute Gasteiger partial charge is 0.412 e. The van der Waals surface area contributed by atoms with Crippen molar-refractivity contribution in [3.63, 3.8) is 0 Å². The van der Waals surface area contributed by atoms with Crippen molar-refractivity contribution in [3.05, 3.63) is 41.6 Å². The van der Waals surface area contributed by atoms with E-state index in [2.05, 4.69) is 25.7 Å². The summed E-state index contributed by atoms with van der Waals surface area (Å²) in [6, 6.07) is 8.06. The lowest BCUT2D eigenvalue weighted by Crippen LogP contribution is -2.29. The predicted octanol–water partition coefficient (Wildman–Crippen LogP) is 1.12. The average Bonchev–Trinajstić information content (AvgIpc) is 2.96. The van der Waals surface area contributed by atoms with E-state index in [1.54, 1.807) is 0 Å². The third-order valence-corrected chi connectivity index (χ3v) is 3.24. The van der Waals surface area contributed by atoms with E-state index >= 15 is 0 Å². The summed E-state index contributed by atoms with van der Waals surface area (Å²) < 4.78 is 5.78. The number of hydrogen-bond donors (Lipinski definition) is 2. The highest BCUT2D eigenvalue weighted by Gasteiger charge is 2.08. The van der Waals surface area contributed by atoms with Crippen LogP contribution >= 0.6 is 0 Å². The molecule has 122 valence electrons. The molecule has 2 amide bonds. The van der Waals surface area contributed by atoms with Crippen molar-refractivity contribution >= 4 is 17.8 Å². The molecule has 2 N–H and O–H groups in total. The topological polar surface area (TPSA) is 98.1 Å². The van der Waals surface area contributed by atoms with Crippen LogP contribution in [0.5, 0.6) is 0 Å². The highest BCUT2D eigenvalue weighted by molar-refractivity contribution is 5.82. The zero-order chi connectivity index (χ0) is 16.7. The van der Waals surface area contributed by atoms with Gasteiger partial charge in [-0.2, -0.15) is 0 Å². The van der Waals surface area contributed by atoms with Crippen molar-refractivity contribution in [2.45, 2.75) is 19.9 Å². The Balaban J connectivity index is 1.77. The number of amides is 2. The molecule has 2 rings (SSSR count). The van der Waals surface area contributed by atoms with Crippen LogP contribution in [-0.2, 0) is 22.5 Å². The molecule has 0 aliphatic rings. The Morgan fingerprint density at radius 2 is 2.09 bits per heavy atom. The first-order chi connectivity index (χ1) is 11.1. The fourth-order valence-corrected chi connectivity index (χ4v) is 2.02. The monoisotopic (exact) mass is 317 g/mol. The predicted molar refractivity (Wildman–Crippen MR) is 83.9 cm³/mol. The number of aryl methyl sites for hydroxylation is 1. The number of rotatable bonds is 6.